The summed E-state index contributed by atoms with van der Waals surface area (Å²) < 4.78 is 0. The lowest BCUT2D eigenvalue weighted by Crippen LogP contribution is -2.25. The number of benzene rings is 1. The molecule has 4 aromatic rings. The lowest BCUT2D eigenvalue weighted by molar-refractivity contribution is 0.0954. The van der Waals surface area contributed by atoms with E-state index in [9.17, 15) is 9.59 Å². The average molecular weight is 504 g/mol. The summed E-state index contributed by atoms with van der Waals surface area (Å²) >= 11 is 2.97. The first-order valence-corrected chi connectivity index (χ1v) is 13.0. The van der Waals surface area contributed by atoms with Crippen molar-refractivity contribution >= 4 is 39.6 Å². The van der Waals surface area contributed by atoms with Gasteiger partial charge >= 0.3 is 0 Å². The zero-order valence-corrected chi connectivity index (χ0v) is 21.1. The molecule has 0 bridgehead atoms. The van der Waals surface area contributed by atoms with E-state index in [1.807, 2.05) is 37.4 Å². The molecule has 1 aliphatic heterocycles. The van der Waals surface area contributed by atoms with Gasteiger partial charge in [-0.3, -0.25) is 19.9 Å². The Morgan fingerprint density at radius 1 is 1.09 bits per heavy atom. The molecule has 5 rings (SSSR count). The monoisotopic (exact) mass is 503 g/mol. The summed E-state index contributed by atoms with van der Waals surface area (Å²) in [5.74, 6) is -0.345. The fraction of sp³-hybridized carbons (Fsp3) is 0.231. The van der Waals surface area contributed by atoms with E-state index in [2.05, 4.69) is 38.6 Å². The number of fused-ring (bicyclic) bond motifs is 1. The van der Waals surface area contributed by atoms with Gasteiger partial charge in [0.2, 0.25) is 0 Å². The van der Waals surface area contributed by atoms with Gasteiger partial charge < -0.3 is 10.2 Å². The number of aromatic nitrogens is 2. The zero-order chi connectivity index (χ0) is 24.4. The maximum absolute atomic E-state index is 12.8. The Labute approximate surface area is 211 Å². The summed E-state index contributed by atoms with van der Waals surface area (Å²) in [5, 5.41) is 6.51. The van der Waals surface area contributed by atoms with Gasteiger partial charge in [0.15, 0.2) is 5.13 Å². The number of anilines is 1. The van der Waals surface area contributed by atoms with Crippen molar-refractivity contribution in [3.05, 3.63) is 87.0 Å². The summed E-state index contributed by atoms with van der Waals surface area (Å²) in [6.45, 7) is 4.17. The van der Waals surface area contributed by atoms with Gasteiger partial charge in [-0.25, -0.2) is 4.98 Å². The van der Waals surface area contributed by atoms with Crippen molar-refractivity contribution < 1.29 is 9.59 Å². The molecule has 0 atom stereocenters. The number of likely N-dealkylation sites (N-methyl/N-ethyl adjacent to an activating group) is 1. The molecule has 2 amide bonds. The number of carbonyl (C=O) groups excluding carboxylic acids is 2. The predicted molar refractivity (Wildman–Crippen MR) is 140 cm³/mol. The van der Waals surface area contributed by atoms with E-state index < -0.39 is 0 Å². The molecular weight excluding hydrogens is 478 g/mol. The van der Waals surface area contributed by atoms with Gasteiger partial charge in [-0.2, -0.15) is 0 Å². The van der Waals surface area contributed by atoms with Gasteiger partial charge in [0, 0.05) is 59.3 Å². The molecule has 1 aromatic carbocycles. The Morgan fingerprint density at radius 3 is 2.83 bits per heavy atom. The fourth-order valence-electron chi connectivity index (χ4n) is 3.94. The van der Waals surface area contributed by atoms with Crippen LogP contribution in [0.25, 0.3) is 10.4 Å². The summed E-state index contributed by atoms with van der Waals surface area (Å²) in [6, 6.07) is 13.1. The Kier molecular flexibility index (Phi) is 6.72. The van der Waals surface area contributed by atoms with Crippen LogP contribution in [0.2, 0.25) is 0 Å². The third-order valence-electron chi connectivity index (χ3n) is 5.77. The molecule has 0 spiro atoms. The van der Waals surface area contributed by atoms with Crippen LogP contribution in [-0.2, 0) is 19.5 Å². The minimum absolute atomic E-state index is 0.143. The minimum Gasteiger partial charge on any atom is -0.347 e. The molecular formula is C26H25N5O2S2. The molecule has 0 fully saturated rings. The normalized spacial score (nSPS) is 13.3. The number of aryl methyl sites for hydroxylation is 1. The summed E-state index contributed by atoms with van der Waals surface area (Å²) in [7, 11) is 2.09. The lowest BCUT2D eigenvalue weighted by Gasteiger charge is -2.20. The summed E-state index contributed by atoms with van der Waals surface area (Å²) in [6.07, 6.45) is 4.51. The third-order valence-corrected chi connectivity index (χ3v) is 7.90. The SMILES string of the molecule is Cc1cncc(-c2ccc(C(=O)NCc3cccc(C(=O)Nc4nc5c(s4)CN(C)CC5)c3)s2)c1. The summed E-state index contributed by atoms with van der Waals surface area (Å²) in [4.78, 5) is 39.4. The largest absolute Gasteiger partial charge is 0.347 e. The van der Waals surface area contributed by atoms with E-state index >= 15 is 0 Å². The van der Waals surface area contributed by atoms with Gasteiger partial charge in [0.05, 0.1) is 10.6 Å². The molecule has 178 valence electrons. The highest BCUT2D eigenvalue weighted by atomic mass is 32.1. The van der Waals surface area contributed by atoms with Crippen LogP contribution in [0, 0.1) is 6.92 Å². The van der Waals surface area contributed by atoms with Crippen molar-refractivity contribution in [3.63, 3.8) is 0 Å². The van der Waals surface area contributed by atoms with E-state index in [1.165, 1.54) is 27.6 Å². The third kappa shape index (κ3) is 5.48. The second-order valence-electron chi connectivity index (χ2n) is 8.63. The number of thiophene rings is 1. The number of nitrogens with zero attached hydrogens (tertiary/aromatic N) is 3. The molecule has 9 heteroatoms. The molecule has 4 heterocycles. The van der Waals surface area contributed by atoms with Crippen LogP contribution in [0.1, 0.15) is 41.7 Å². The average Bonchev–Trinajstić information content (AvgIpc) is 3.50. The van der Waals surface area contributed by atoms with Crippen molar-refractivity contribution in [2.45, 2.75) is 26.4 Å². The number of pyridine rings is 1. The van der Waals surface area contributed by atoms with E-state index in [0.717, 1.165) is 46.8 Å². The van der Waals surface area contributed by atoms with Crippen molar-refractivity contribution in [2.24, 2.45) is 0 Å². The Bertz CT molecular complexity index is 1390. The van der Waals surface area contributed by atoms with Crippen LogP contribution in [0.3, 0.4) is 0 Å². The maximum atomic E-state index is 12.8. The summed E-state index contributed by atoms with van der Waals surface area (Å²) in [5.41, 5.74) is 4.54. The predicted octanol–water partition coefficient (Wildman–Crippen LogP) is 4.75. The molecule has 0 unspecified atom stereocenters. The standard InChI is InChI=1S/C26H25N5O2S2/c1-16-10-19(14-27-12-16)21-6-7-22(34-21)25(33)28-13-17-4-3-5-18(11-17)24(32)30-26-29-20-8-9-31(2)15-23(20)35-26/h3-7,10-12,14H,8-9,13,15H2,1-2H3,(H,28,33)(H,29,30,32). The Hall–Kier alpha value is -3.40. The Morgan fingerprint density at radius 2 is 1.97 bits per heavy atom. The van der Waals surface area contributed by atoms with Crippen LogP contribution in [0.5, 0.6) is 0 Å². The smallest absolute Gasteiger partial charge is 0.261 e. The van der Waals surface area contributed by atoms with E-state index in [0.29, 0.717) is 22.1 Å². The number of hydrogen-bond acceptors (Lipinski definition) is 7. The Balaban J connectivity index is 1.20. The van der Waals surface area contributed by atoms with Gasteiger partial charge in [0.25, 0.3) is 11.8 Å². The second-order valence-corrected chi connectivity index (χ2v) is 10.8. The van der Waals surface area contributed by atoms with Gasteiger partial charge in [-0.05, 0) is 55.4 Å². The number of nitrogens with one attached hydrogen (secondary N) is 2. The van der Waals surface area contributed by atoms with Crippen LogP contribution < -0.4 is 10.6 Å². The topological polar surface area (TPSA) is 87.2 Å². The van der Waals surface area contributed by atoms with Crippen molar-refractivity contribution in [1.29, 1.82) is 0 Å². The van der Waals surface area contributed by atoms with Gasteiger partial charge in [-0.1, -0.05) is 12.1 Å². The van der Waals surface area contributed by atoms with Crippen LogP contribution in [0.4, 0.5) is 5.13 Å². The number of hydrogen-bond donors (Lipinski definition) is 2. The van der Waals surface area contributed by atoms with E-state index in [-0.39, 0.29) is 11.8 Å². The highest BCUT2D eigenvalue weighted by molar-refractivity contribution is 7.17. The maximum Gasteiger partial charge on any atom is 0.261 e. The molecule has 0 radical (unpaired) electrons. The highest BCUT2D eigenvalue weighted by Gasteiger charge is 2.19. The first kappa shape index (κ1) is 23.3. The minimum atomic E-state index is -0.202. The molecule has 0 saturated heterocycles. The molecule has 7 nitrogen and oxygen atoms in total. The molecule has 2 N–H and O–H groups in total. The number of amides is 2. The molecule has 0 saturated carbocycles. The van der Waals surface area contributed by atoms with Crippen molar-refractivity contribution in [2.75, 3.05) is 18.9 Å². The quantitative estimate of drug-likeness (QED) is 0.397. The molecule has 3 aromatic heterocycles. The zero-order valence-electron chi connectivity index (χ0n) is 19.5. The number of carbonyl (C=O) groups is 2. The van der Waals surface area contributed by atoms with Crippen LogP contribution >= 0.6 is 22.7 Å². The van der Waals surface area contributed by atoms with Gasteiger partial charge in [0.1, 0.15) is 0 Å². The molecule has 35 heavy (non-hydrogen) atoms. The van der Waals surface area contributed by atoms with Gasteiger partial charge in [-0.15, -0.1) is 22.7 Å². The van der Waals surface area contributed by atoms with Crippen LogP contribution in [0.15, 0.2) is 54.9 Å². The van der Waals surface area contributed by atoms with Crippen molar-refractivity contribution in [1.82, 2.24) is 20.2 Å². The highest BCUT2D eigenvalue weighted by Crippen LogP contribution is 2.29. The van der Waals surface area contributed by atoms with Crippen LogP contribution in [-0.4, -0.2) is 40.3 Å². The number of rotatable bonds is 6. The fourth-order valence-corrected chi connectivity index (χ4v) is 5.93. The number of thiazole rings is 1. The molecule has 0 aliphatic carbocycles. The van der Waals surface area contributed by atoms with Crippen molar-refractivity contribution in [3.8, 4) is 10.4 Å². The lowest BCUT2D eigenvalue weighted by atomic mass is 10.1. The first-order chi connectivity index (χ1) is 16.9. The molecule has 1 aliphatic rings. The second kappa shape index (κ2) is 10.1. The van der Waals surface area contributed by atoms with E-state index in [4.69, 9.17) is 0 Å². The first-order valence-electron chi connectivity index (χ1n) is 11.3. The van der Waals surface area contributed by atoms with E-state index in [1.54, 1.807) is 18.3 Å².